The van der Waals surface area contributed by atoms with E-state index in [1.54, 1.807) is 0 Å². The van der Waals surface area contributed by atoms with Gasteiger partial charge in [0.15, 0.2) is 0 Å². The molecule has 0 spiro atoms. The predicted molar refractivity (Wildman–Crippen MR) is 98.8 cm³/mol. The molecule has 3 rings (SSSR count). The fourth-order valence-electron chi connectivity index (χ4n) is 3.09. The Morgan fingerprint density at radius 2 is 2.04 bits per heavy atom. The van der Waals surface area contributed by atoms with Gasteiger partial charge in [0.25, 0.3) is 0 Å². The molecule has 0 atom stereocenters. The first-order valence-corrected chi connectivity index (χ1v) is 9.33. The van der Waals surface area contributed by atoms with Gasteiger partial charge >= 0.3 is 0 Å². The van der Waals surface area contributed by atoms with Crippen molar-refractivity contribution < 1.29 is 4.79 Å². The van der Waals surface area contributed by atoms with E-state index in [4.69, 9.17) is 0 Å². The molecule has 1 amide bonds. The molecule has 1 saturated carbocycles. The second kappa shape index (κ2) is 7.75. The number of hydrogen-bond acceptors (Lipinski definition) is 5. The molecular weight excluding hydrogens is 320 g/mol. The van der Waals surface area contributed by atoms with Crippen LogP contribution in [0.2, 0.25) is 0 Å². The fourth-order valence-corrected chi connectivity index (χ4v) is 4.02. The van der Waals surface area contributed by atoms with Crippen LogP contribution in [0, 0.1) is 0 Å². The van der Waals surface area contributed by atoms with Gasteiger partial charge in [-0.25, -0.2) is 0 Å². The summed E-state index contributed by atoms with van der Waals surface area (Å²) in [6.07, 6.45) is 6.60. The van der Waals surface area contributed by atoms with E-state index in [0.717, 1.165) is 16.3 Å². The van der Waals surface area contributed by atoms with Crippen LogP contribution in [0.25, 0.3) is 0 Å². The molecule has 0 unspecified atom stereocenters. The summed E-state index contributed by atoms with van der Waals surface area (Å²) in [5.41, 5.74) is 2.09. The molecule has 1 heterocycles. The van der Waals surface area contributed by atoms with Gasteiger partial charge in [-0.1, -0.05) is 42.7 Å². The number of carbonyl (C=O) groups excluding carboxylic acids is 1. The number of hydrogen-bond donors (Lipinski definition) is 1. The Morgan fingerprint density at radius 3 is 2.79 bits per heavy atom. The molecule has 1 aliphatic rings. The Labute approximate surface area is 147 Å². The van der Waals surface area contributed by atoms with Crippen LogP contribution in [-0.2, 0) is 11.2 Å². The van der Waals surface area contributed by atoms with Gasteiger partial charge in [-0.2, -0.15) is 0 Å². The number of nitrogens with zero attached hydrogens (tertiary/aromatic N) is 3. The predicted octanol–water partition coefficient (Wildman–Crippen LogP) is 3.83. The highest BCUT2D eigenvalue weighted by Crippen LogP contribution is 2.35. The zero-order chi connectivity index (χ0) is 16.9. The Hall–Kier alpha value is -1.95. The van der Waals surface area contributed by atoms with E-state index in [2.05, 4.69) is 15.5 Å². The Bertz CT molecular complexity index is 692. The van der Waals surface area contributed by atoms with E-state index in [0.29, 0.717) is 17.5 Å². The highest BCUT2D eigenvalue weighted by Gasteiger charge is 2.20. The first kappa shape index (κ1) is 16.9. The molecule has 0 saturated heterocycles. The van der Waals surface area contributed by atoms with Crippen LogP contribution in [0.15, 0.2) is 24.3 Å². The summed E-state index contributed by atoms with van der Waals surface area (Å²) in [4.78, 5) is 14.3. The minimum Gasteiger partial charge on any atom is -0.378 e. The number of carbonyl (C=O) groups is 1. The molecule has 1 N–H and O–H groups in total. The van der Waals surface area contributed by atoms with Crippen molar-refractivity contribution >= 4 is 28.1 Å². The van der Waals surface area contributed by atoms with Crippen LogP contribution < -0.4 is 10.2 Å². The van der Waals surface area contributed by atoms with Gasteiger partial charge < -0.3 is 10.2 Å². The summed E-state index contributed by atoms with van der Waals surface area (Å²) >= 11 is 1.52. The van der Waals surface area contributed by atoms with Crippen molar-refractivity contribution in [2.45, 2.75) is 44.4 Å². The average molecular weight is 344 g/mol. The van der Waals surface area contributed by atoms with E-state index in [-0.39, 0.29) is 5.91 Å². The molecule has 2 aromatic rings. The lowest BCUT2D eigenvalue weighted by molar-refractivity contribution is -0.115. The summed E-state index contributed by atoms with van der Waals surface area (Å²) in [5.74, 6) is 0.482. The molecule has 0 radical (unpaired) electrons. The first-order chi connectivity index (χ1) is 11.6. The fraction of sp³-hybridized carbons (Fsp3) is 0.500. The van der Waals surface area contributed by atoms with E-state index >= 15 is 0 Å². The summed E-state index contributed by atoms with van der Waals surface area (Å²) < 4.78 is 0. The lowest BCUT2D eigenvalue weighted by atomic mass is 9.90. The highest BCUT2D eigenvalue weighted by atomic mass is 32.1. The Morgan fingerprint density at radius 1 is 1.25 bits per heavy atom. The molecule has 6 heteroatoms. The number of rotatable bonds is 5. The molecule has 0 aliphatic heterocycles. The highest BCUT2D eigenvalue weighted by molar-refractivity contribution is 7.15. The molecule has 0 bridgehead atoms. The maximum atomic E-state index is 12.3. The van der Waals surface area contributed by atoms with E-state index in [9.17, 15) is 4.79 Å². The van der Waals surface area contributed by atoms with Crippen LogP contribution in [0.1, 0.15) is 48.6 Å². The third kappa shape index (κ3) is 4.32. The van der Waals surface area contributed by atoms with Gasteiger partial charge in [-0.3, -0.25) is 4.79 Å². The third-order valence-electron chi connectivity index (χ3n) is 4.43. The van der Waals surface area contributed by atoms with E-state index in [1.807, 2.05) is 43.3 Å². The van der Waals surface area contributed by atoms with Crippen LogP contribution in [-0.4, -0.2) is 30.2 Å². The second-order valence-electron chi connectivity index (χ2n) is 6.57. The molecular formula is C18H24N4OS. The third-order valence-corrected chi connectivity index (χ3v) is 5.43. The van der Waals surface area contributed by atoms with Crippen molar-refractivity contribution in [3.8, 4) is 0 Å². The van der Waals surface area contributed by atoms with Gasteiger partial charge in [0.2, 0.25) is 11.0 Å². The van der Waals surface area contributed by atoms with Crippen molar-refractivity contribution in [3.63, 3.8) is 0 Å². The van der Waals surface area contributed by atoms with E-state index in [1.165, 1.54) is 43.4 Å². The zero-order valence-electron chi connectivity index (χ0n) is 14.3. The lowest BCUT2D eigenvalue weighted by Gasteiger charge is -2.18. The SMILES string of the molecule is CN(C)c1cccc(CC(=O)Nc2nnc(C3CCCCC3)s2)c1. The Balaban J connectivity index is 1.59. The largest absolute Gasteiger partial charge is 0.378 e. The standard InChI is InChI=1S/C18H24N4OS/c1-22(2)15-10-6-7-13(11-15)12-16(23)19-18-21-20-17(24-18)14-8-4-3-5-9-14/h6-7,10-11,14H,3-5,8-9,12H2,1-2H3,(H,19,21,23). The van der Waals surface area contributed by atoms with Gasteiger partial charge in [-0.05, 0) is 30.5 Å². The maximum absolute atomic E-state index is 12.3. The molecule has 1 aromatic carbocycles. The number of benzene rings is 1. The number of aromatic nitrogens is 2. The summed E-state index contributed by atoms with van der Waals surface area (Å²) in [7, 11) is 3.99. The van der Waals surface area contributed by atoms with Crippen molar-refractivity contribution in [3.05, 3.63) is 34.8 Å². The van der Waals surface area contributed by atoms with Crippen molar-refractivity contribution in [1.29, 1.82) is 0 Å². The number of anilines is 2. The minimum absolute atomic E-state index is 0.0442. The first-order valence-electron chi connectivity index (χ1n) is 8.51. The van der Waals surface area contributed by atoms with Crippen molar-refractivity contribution in [2.75, 3.05) is 24.3 Å². The monoisotopic (exact) mass is 344 g/mol. The van der Waals surface area contributed by atoms with Gasteiger partial charge in [-0.15, -0.1) is 10.2 Å². The molecule has 5 nitrogen and oxygen atoms in total. The van der Waals surface area contributed by atoms with Crippen LogP contribution >= 0.6 is 11.3 Å². The topological polar surface area (TPSA) is 58.1 Å². The molecule has 1 fully saturated rings. The summed E-state index contributed by atoms with van der Waals surface area (Å²) in [6.45, 7) is 0. The van der Waals surface area contributed by atoms with Gasteiger partial charge in [0.05, 0.1) is 6.42 Å². The minimum atomic E-state index is -0.0442. The summed E-state index contributed by atoms with van der Waals surface area (Å²) in [5, 5.41) is 13.0. The Kier molecular flexibility index (Phi) is 5.45. The number of nitrogens with one attached hydrogen (secondary N) is 1. The lowest BCUT2D eigenvalue weighted by Crippen LogP contribution is -2.15. The van der Waals surface area contributed by atoms with Crippen LogP contribution in [0.3, 0.4) is 0 Å². The van der Waals surface area contributed by atoms with Crippen molar-refractivity contribution in [1.82, 2.24) is 10.2 Å². The second-order valence-corrected chi connectivity index (χ2v) is 7.58. The molecule has 128 valence electrons. The van der Waals surface area contributed by atoms with Crippen LogP contribution in [0.5, 0.6) is 0 Å². The smallest absolute Gasteiger partial charge is 0.230 e. The zero-order valence-corrected chi connectivity index (χ0v) is 15.1. The van der Waals surface area contributed by atoms with Crippen LogP contribution in [0.4, 0.5) is 10.8 Å². The van der Waals surface area contributed by atoms with Gasteiger partial charge in [0, 0.05) is 25.7 Å². The van der Waals surface area contributed by atoms with Crippen molar-refractivity contribution in [2.24, 2.45) is 0 Å². The quantitative estimate of drug-likeness (QED) is 0.895. The molecule has 1 aliphatic carbocycles. The normalized spacial score (nSPS) is 15.2. The average Bonchev–Trinajstić information content (AvgIpc) is 3.04. The van der Waals surface area contributed by atoms with Gasteiger partial charge in [0.1, 0.15) is 5.01 Å². The molecule has 24 heavy (non-hydrogen) atoms. The summed E-state index contributed by atoms with van der Waals surface area (Å²) in [6, 6.07) is 8.01. The van der Waals surface area contributed by atoms with E-state index < -0.39 is 0 Å². The maximum Gasteiger partial charge on any atom is 0.230 e. The number of amides is 1. The molecule has 1 aromatic heterocycles.